The monoisotopic (exact) mass is 371 g/mol. The fourth-order valence-electron chi connectivity index (χ4n) is 1.89. The van der Waals surface area contributed by atoms with Crippen LogP contribution in [0, 0.1) is 11.3 Å². The summed E-state index contributed by atoms with van der Waals surface area (Å²) in [5.41, 5.74) is 1.44. The molecule has 2 rings (SSSR count). The van der Waals surface area contributed by atoms with Crippen molar-refractivity contribution in [3.05, 3.63) is 64.1 Å². The van der Waals surface area contributed by atoms with Gasteiger partial charge in [-0.05, 0) is 64.0 Å². The molecule has 0 aliphatic heterocycles. The molecule has 116 valence electrons. The molecule has 0 heterocycles. The molecule has 0 radical (unpaired) electrons. The van der Waals surface area contributed by atoms with Gasteiger partial charge in [-0.15, -0.1) is 0 Å². The lowest BCUT2D eigenvalue weighted by Gasteiger charge is -2.03. The van der Waals surface area contributed by atoms with Gasteiger partial charge in [0.2, 0.25) is 0 Å². The number of benzene rings is 2. The first-order valence-corrected chi connectivity index (χ1v) is 7.59. The van der Waals surface area contributed by atoms with Crippen molar-refractivity contribution in [1.82, 2.24) is 0 Å². The van der Waals surface area contributed by atoms with Crippen LogP contribution in [0.25, 0.3) is 6.08 Å². The van der Waals surface area contributed by atoms with Crippen molar-refractivity contribution in [2.45, 2.75) is 0 Å². The zero-order valence-corrected chi connectivity index (χ0v) is 14.0. The van der Waals surface area contributed by atoms with Gasteiger partial charge in [0.25, 0.3) is 0 Å². The van der Waals surface area contributed by atoms with Crippen molar-refractivity contribution < 1.29 is 14.3 Å². The summed E-state index contributed by atoms with van der Waals surface area (Å²) in [6, 6.07) is 14.1. The van der Waals surface area contributed by atoms with Gasteiger partial charge in [0, 0.05) is 5.56 Å². The molecule has 2 aromatic rings. The molecular weight excluding hydrogens is 358 g/mol. The van der Waals surface area contributed by atoms with Gasteiger partial charge in [-0.1, -0.05) is 12.1 Å². The van der Waals surface area contributed by atoms with Crippen LogP contribution in [-0.4, -0.2) is 19.5 Å². The molecule has 0 atom stereocenters. The highest BCUT2D eigenvalue weighted by molar-refractivity contribution is 9.10. The molecule has 0 aliphatic carbocycles. The summed E-state index contributed by atoms with van der Waals surface area (Å²) in [4.78, 5) is 12.1. The first-order valence-electron chi connectivity index (χ1n) is 6.80. The summed E-state index contributed by atoms with van der Waals surface area (Å²) in [6.07, 6.45) is 3.26. The highest BCUT2D eigenvalue weighted by Gasteiger charge is 2.03. The Morgan fingerprint density at radius 2 is 2.00 bits per heavy atom. The molecule has 0 fully saturated rings. The minimum Gasteiger partial charge on any atom is -0.496 e. The maximum atomic E-state index is 12.1. The van der Waals surface area contributed by atoms with Crippen molar-refractivity contribution in [3.8, 4) is 17.6 Å². The van der Waals surface area contributed by atoms with E-state index < -0.39 is 0 Å². The SMILES string of the molecule is COc1ccc(/C=C/C(=O)c2ccc(OCC#N)cc2)cc1Br. The van der Waals surface area contributed by atoms with Gasteiger partial charge in [-0.2, -0.15) is 5.26 Å². The van der Waals surface area contributed by atoms with Crippen molar-refractivity contribution in [1.29, 1.82) is 5.26 Å². The molecule has 0 amide bonds. The van der Waals surface area contributed by atoms with Crippen LogP contribution in [0.15, 0.2) is 53.0 Å². The Morgan fingerprint density at radius 3 is 2.61 bits per heavy atom. The largest absolute Gasteiger partial charge is 0.496 e. The van der Waals surface area contributed by atoms with Gasteiger partial charge in [-0.3, -0.25) is 4.79 Å². The van der Waals surface area contributed by atoms with Crippen LogP contribution in [0.1, 0.15) is 15.9 Å². The Kier molecular flexibility index (Phi) is 5.95. The van der Waals surface area contributed by atoms with E-state index in [2.05, 4.69) is 15.9 Å². The maximum absolute atomic E-state index is 12.1. The van der Waals surface area contributed by atoms with E-state index in [1.165, 1.54) is 6.08 Å². The molecule has 5 heteroatoms. The Bertz CT molecular complexity index is 761. The number of rotatable bonds is 6. The van der Waals surface area contributed by atoms with E-state index >= 15 is 0 Å². The number of carbonyl (C=O) groups is 1. The number of ketones is 1. The molecule has 0 aromatic heterocycles. The molecular formula is C18H14BrNO3. The quantitative estimate of drug-likeness (QED) is 0.562. The first kappa shape index (κ1) is 16.8. The molecule has 2 aromatic carbocycles. The lowest BCUT2D eigenvalue weighted by molar-refractivity contribution is 0.104. The number of hydrogen-bond donors (Lipinski definition) is 0. The van der Waals surface area contributed by atoms with E-state index in [-0.39, 0.29) is 12.4 Å². The second kappa shape index (κ2) is 8.16. The second-order valence-electron chi connectivity index (χ2n) is 4.56. The predicted molar refractivity (Wildman–Crippen MR) is 91.6 cm³/mol. The van der Waals surface area contributed by atoms with Crippen molar-refractivity contribution in [2.24, 2.45) is 0 Å². The molecule has 23 heavy (non-hydrogen) atoms. The smallest absolute Gasteiger partial charge is 0.185 e. The third-order valence-electron chi connectivity index (χ3n) is 3.05. The summed E-state index contributed by atoms with van der Waals surface area (Å²) < 4.78 is 11.1. The molecule has 4 nitrogen and oxygen atoms in total. The summed E-state index contributed by atoms with van der Waals surface area (Å²) in [5.74, 6) is 1.19. The lowest BCUT2D eigenvalue weighted by atomic mass is 10.1. The van der Waals surface area contributed by atoms with E-state index in [1.807, 2.05) is 24.3 Å². The summed E-state index contributed by atoms with van der Waals surface area (Å²) in [6.45, 7) is -0.0143. The number of nitrogens with zero attached hydrogens (tertiary/aromatic N) is 1. The van der Waals surface area contributed by atoms with E-state index in [9.17, 15) is 4.79 Å². The average molecular weight is 372 g/mol. The van der Waals surface area contributed by atoms with E-state index in [0.29, 0.717) is 11.3 Å². The summed E-state index contributed by atoms with van der Waals surface area (Å²) >= 11 is 3.41. The highest BCUT2D eigenvalue weighted by Crippen LogP contribution is 2.26. The summed E-state index contributed by atoms with van der Waals surface area (Å²) in [7, 11) is 1.60. The van der Waals surface area contributed by atoms with Crippen molar-refractivity contribution in [3.63, 3.8) is 0 Å². The number of allylic oxidation sites excluding steroid dienone is 1. The predicted octanol–water partition coefficient (Wildman–Crippen LogP) is 4.26. The standard InChI is InChI=1S/C18H14BrNO3/c1-22-18-9-3-13(12-16(18)19)2-8-17(21)14-4-6-15(7-5-14)23-11-10-20/h2-9,12H,11H2,1H3/b8-2+. The number of nitriles is 1. The Hall–Kier alpha value is -2.58. The zero-order valence-electron chi connectivity index (χ0n) is 12.5. The highest BCUT2D eigenvalue weighted by atomic mass is 79.9. The number of carbonyl (C=O) groups excluding carboxylic acids is 1. The van der Waals surface area contributed by atoms with Gasteiger partial charge < -0.3 is 9.47 Å². The number of methoxy groups -OCH3 is 1. The first-order chi connectivity index (χ1) is 11.1. The fourth-order valence-corrected chi connectivity index (χ4v) is 2.44. The normalized spacial score (nSPS) is 10.3. The maximum Gasteiger partial charge on any atom is 0.185 e. The number of ether oxygens (including phenoxy) is 2. The molecule has 0 unspecified atom stereocenters. The van der Waals surface area contributed by atoms with E-state index in [4.69, 9.17) is 14.7 Å². The Balaban J connectivity index is 2.06. The van der Waals surface area contributed by atoms with Crippen LogP contribution in [0.2, 0.25) is 0 Å². The Labute approximate surface area is 143 Å². The van der Waals surface area contributed by atoms with Crippen LogP contribution in [0.5, 0.6) is 11.5 Å². The molecule has 0 saturated carbocycles. The van der Waals surface area contributed by atoms with Gasteiger partial charge in [0.15, 0.2) is 12.4 Å². The minimum atomic E-state index is -0.108. The Morgan fingerprint density at radius 1 is 1.26 bits per heavy atom. The van der Waals surface area contributed by atoms with E-state index in [1.54, 1.807) is 37.5 Å². The number of halogens is 1. The van der Waals surface area contributed by atoms with Crippen LogP contribution in [0.3, 0.4) is 0 Å². The minimum absolute atomic E-state index is 0.0143. The van der Waals surface area contributed by atoms with Crippen LogP contribution in [0.4, 0.5) is 0 Å². The van der Waals surface area contributed by atoms with Gasteiger partial charge in [-0.25, -0.2) is 0 Å². The lowest BCUT2D eigenvalue weighted by Crippen LogP contribution is -1.96. The van der Waals surface area contributed by atoms with Crippen molar-refractivity contribution >= 4 is 27.8 Å². The van der Waals surface area contributed by atoms with E-state index in [0.717, 1.165) is 15.8 Å². The molecule has 0 bridgehead atoms. The fraction of sp³-hybridized carbons (Fsp3) is 0.111. The molecule has 0 spiro atoms. The third kappa shape index (κ3) is 4.70. The van der Waals surface area contributed by atoms with Crippen LogP contribution >= 0.6 is 15.9 Å². The van der Waals surface area contributed by atoms with Gasteiger partial charge >= 0.3 is 0 Å². The average Bonchev–Trinajstić information content (AvgIpc) is 2.58. The molecule has 0 saturated heterocycles. The number of hydrogen-bond acceptors (Lipinski definition) is 4. The molecule has 0 N–H and O–H groups in total. The van der Waals surface area contributed by atoms with Gasteiger partial charge in [0.05, 0.1) is 11.6 Å². The van der Waals surface area contributed by atoms with Crippen LogP contribution < -0.4 is 9.47 Å². The topological polar surface area (TPSA) is 59.3 Å². The van der Waals surface area contributed by atoms with Crippen molar-refractivity contribution in [2.75, 3.05) is 13.7 Å². The third-order valence-corrected chi connectivity index (χ3v) is 3.66. The molecule has 0 aliphatic rings. The second-order valence-corrected chi connectivity index (χ2v) is 5.42. The van der Waals surface area contributed by atoms with Crippen LogP contribution in [-0.2, 0) is 0 Å². The van der Waals surface area contributed by atoms with Gasteiger partial charge in [0.1, 0.15) is 17.6 Å². The summed E-state index contributed by atoms with van der Waals surface area (Å²) in [5, 5.41) is 8.45. The zero-order chi connectivity index (χ0) is 16.7.